The fourth-order valence-electron chi connectivity index (χ4n) is 3.39. The van der Waals surface area contributed by atoms with Crippen molar-refractivity contribution in [3.63, 3.8) is 0 Å². The van der Waals surface area contributed by atoms with E-state index < -0.39 is 11.6 Å². The average molecular weight is 362 g/mol. The number of carbonyl (C=O) groups is 1. The van der Waals surface area contributed by atoms with Crippen LogP contribution >= 0.6 is 0 Å². The summed E-state index contributed by atoms with van der Waals surface area (Å²) in [6.07, 6.45) is 1.74. The molecule has 2 heterocycles. The van der Waals surface area contributed by atoms with E-state index >= 15 is 0 Å². The van der Waals surface area contributed by atoms with Crippen molar-refractivity contribution in [2.24, 2.45) is 0 Å². The van der Waals surface area contributed by atoms with Crippen LogP contribution in [0.5, 0.6) is 0 Å². The molecule has 0 saturated heterocycles. The van der Waals surface area contributed by atoms with Gasteiger partial charge in [-0.05, 0) is 37.5 Å². The van der Waals surface area contributed by atoms with Gasteiger partial charge in [-0.25, -0.2) is 4.79 Å². The van der Waals surface area contributed by atoms with Crippen molar-refractivity contribution in [2.75, 3.05) is 0 Å². The van der Waals surface area contributed by atoms with Crippen molar-refractivity contribution in [3.8, 4) is 11.1 Å². The predicted molar refractivity (Wildman–Crippen MR) is 103 cm³/mol. The molecule has 4 rings (SSSR count). The SMILES string of the molecule is Cc1ccc(-c2coc3cc4oc(=O)c(CCC(=O)O)c(C)c4cc23)cc1. The minimum absolute atomic E-state index is 0.111. The number of carboxylic acids is 1. The Morgan fingerprint density at radius 3 is 2.48 bits per heavy atom. The Morgan fingerprint density at radius 2 is 1.78 bits per heavy atom. The van der Waals surface area contributed by atoms with Crippen molar-refractivity contribution in [1.29, 1.82) is 0 Å². The summed E-state index contributed by atoms with van der Waals surface area (Å²) >= 11 is 0. The second-order valence-electron chi connectivity index (χ2n) is 6.75. The van der Waals surface area contributed by atoms with Gasteiger partial charge in [-0.3, -0.25) is 4.79 Å². The topological polar surface area (TPSA) is 80.7 Å². The third-order valence-electron chi connectivity index (χ3n) is 4.93. The molecule has 0 saturated carbocycles. The summed E-state index contributed by atoms with van der Waals surface area (Å²) in [5, 5.41) is 10.6. The van der Waals surface area contributed by atoms with Crippen molar-refractivity contribution < 1.29 is 18.7 Å². The van der Waals surface area contributed by atoms with E-state index in [1.165, 1.54) is 5.56 Å². The zero-order valence-corrected chi connectivity index (χ0v) is 15.0. The molecule has 0 unspecified atom stereocenters. The number of hydrogen-bond donors (Lipinski definition) is 1. The first-order valence-electron chi connectivity index (χ1n) is 8.70. The predicted octanol–water partition coefficient (Wildman–Crippen LogP) is 4.84. The normalized spacial score (nSPS) is 11.3. The molecule has 27 heavy (non-hydrogen) atoms. The van der Waals surface area contributed by atoms with Gasteiger partial charge in [0.1, 0.15) is 11.2 Å². The molecule has 0 atom stereocenters. The first-order chi connectivity index (χ1) is 12.9. The molecule has 5 heteroatoms. The van der Waals surface area contributed by atoms with Gasteiger partial charge >= 0.3 is 11.6 Å². The van der Waals surface area contributed by atoms with E-state index in [0.717, 1.165) is 27.5 Å². The summed E-state index contributed by atoms with van der Waals surface area (Å²) in [7, 11) is 0. The third-order valence-corrected chi connectivity index (χ3v) is 4.93. The Bertz CT molecular complexity index is 1230. The van der Waals surface area contributed by atoms with Crippen LogP contribution in [0, 0.1) is 13.8 Å². The molecular weight excluding hydrogens is 344 g/mol. The summed E-state index contributed by atoms with van der Waals surface area (Å²) in [5.74, 6) is -0.944. The number of aliphatic carboxylic acids is 1. The molecule has 5 nitrogen and oxygen atoms in total. The highest BCUT2D eigenvalue weighted by atomic mass is 16.4. The fraction of sp³-hybridized carbons (Fsp3) is 0.182. The van der Waals surface area contributed by atoms with Gasteiger partial charge in [0, 0.05) is 34.4 Å². The van der Waals surface area contributed by atoms with Gasteiger partial charge < -0.3 is 13.9 Å². The molecule has 0 aliphatic heterocycles. The van der Waals surface area contributed by atoms with Crippen molar-refractivity contribution in [1.82, 2.24) is 0 Å². The summed E-state index contributed by atoms with van der Waals surface area (Å²) in [6, 6.07) is 11.8. The van der Waals surface area contributed by atoms with Gasteiger partial charge in [-0.15, -0.1) is 0 Å². The number of aryl methyl sites for hydroxylation is 2. The zero-order chi connectivity index (χ0) is 19.1. The molecule has 2 aromatic heterocycles. The van der Waals surface area contributed by atoms with Gasteiger partial charge in [-0.1, -0.05) is 29.8 Å². The van der Waals surface area contributed by atoms with Crippen LogP contribution in [0.15, 0.2) is 56.3 Å². The van der Waals surface area contributed by atoms with Crippen molar-refractivity contribution in [2.45, 2.75) is 26.7 Å². The van der Waals surface area contributed by atoms with E-state index in [9.17, 15) is 9.59 Å². The average Bonchev–Trinajstić information content (AvgIpc) is 3.03. The lowest BCUT2D eigenvalue weighted by Gasteiger charge is -2.07. The maximum atomic E-state index is 12.3. The Kier molecular flexibility index (Phi) is 4.07. The lowest BCUT2D eigenvalue weighted by Crippen LogP contribution is -2.12. The quantitative estimate of drug-likeness (QED) is 0.525. The fourth-order valence-corrected chi connectivity index (χ4v) is 3.39. The smallest absolute Gasteiger partial charge is 0.339 e. The molecule has 1 N–H and O–H groups in total. The molecule has 0 spiro atoms. The van der Waals surface area contributed by atoms with E-state index in [4.69, 9.17) is 13.9 Å². The van der Waals surface area contributed by atoms with Crippen LogP contribution < -0.4 is 5.63 Å². The van der Waals surface area contributed by atoms with Crippen LogP contribution in [0.25, 0.3) is 33.1 Å². The maximum absolute atomic E-state index is 12.3. The number of benzene rings is 2. The van der Waals surface area contributed by atoms with E-state index in [0.29, 0.717) is 16.7 Å². The monoisotopic (exact) mass is 362 g/mol. The van der Waals surface area contributed by atoms with Crippen LogP contribution in [-0.2, 0) is 11.2 Å². The molecular formula is C22H18O5. The first-order valence-corrected chi connectivity index (χ1v) is 8.70. The Hall–Kier alpha value is -3.34. The molecule has 0 amide bonds. The van der Waals surface area contributed by atoms with Crippen LogP contribution in [0.4, 0.5) is 0 Å². The lowest BCUT2D eigenvalue weighted by atomic mass is 9.98. The summed E-state index contributed by atoms with van der Waals surface area (Å²) in [5.41, 5.74) is 4.92. The standard InChI is InChI=1S/C22H18O5/c1-12-3-5-14(6-4-12)18-11-26-19-10-20-16(9-17(18)19)13(2)15(22(25)27-20)7-8-21(23)24/h3-6,9-11H,7-8H2,1-2H3,(H,23,24). The number of carboxylic acid groups (broad SMARTS) is 1. The lowest BCUT2D eigenvalue weighted by molar-refractivity contribution is -0.136. The van der Waals surface area contributed by atoms with Crippen LogP contribution in [0.1, 0.15) is 23.1 Å². The zero-order valence-electron chi connectivity index (χ0n) is 15.0. The van der Waals surface area contributed by atoms with Crippen LogP contribution in [0.2, 0.25) is 0 Å². The van der Waals surface area contributed by atoms with E-state index in [-0.39, 0.29) is 12.8 Å². The summed E-state index contributed by atoms with van der Waals surface area (Å²) in [4.78, 5) is 23.2. The molecule has 0 radical (unpaired) electrons. The Morgan fingerprint density at radius 1 is 1.04 bits per heavy atom. The minimum atomic E-state index is -0.944. The van der Waals surface area contributed by atoms with Crippen LogP contribution in [0.3, 0.4) is 0 Å². The van der Waals surface area contributed by atoms with Crippen molar-refractivity contribution >= 4 is 27.9 Å². The molecule has 136 valence electrons. The van der Waals surface area contributed by atoms with E-state index in [1.807, 2.05) is 44.2 Å². The first kappa shape index (κ1) is 17.1. The highest BCUT2D eigenvalue weighted by Crippen LogP contribution is 2.34. The van der Waals surface area contributed by atoms with Gasteiger partial charge in [0.25, 0.3) is 0 Å². The number of hydrogen-bond acceptors (Lipinski definition) is 4. The second kappa shape index (κ2) is 6.43. The highest BCUT2D eigenvalue weighted by molar-refractivity contribution is 6.02. The molecule has 0 aliphatic rings. The summed E-state index contributed by atoms with van der Waals surface area (Å²) in [6.45, 7) is 3.86. The van der Waals surface area contributed by atoms with Gasteiger partial charge in [0.15, 0.2) is 0 Å². The Labute approximate surface area is 154 Å². The van der Waals surface area contributed by atoms with Gasteiger partial charge in [0.05, 0.1) is 6.26 Å². The van der Waals surface area contributed by atoms with Gasteiger partial charge in [0.2, 0.25) is 0 Å². The molecule has 0 aliphatic carbocycles. The van der Waals surface area contributed by atoms with Gasteiger partial charge in [-0.2, -0.15) is 0 Å². The minimum Gasteiger partial charge on any atom is -0.481 e. The molecule has 2 aromatic carbocycles. The van der Waals surface area contributed by atoms with Crippen LogP contribution in [-0.4, -0.2) is 11.1 Å². The molecule has 4 aromatic rings. The number of furan rings is 1. The largest absolute Gasteiger partial charge is 0.481 e. The van der Waals surface area contributed by atoms with E-state index in [2.05, 4.69) is 0 Å². The molecule has 0 bridgehead atoms. The van der Waals surface area contributed by atoms with E-state index in [1.54, 1.807) is 12.3 Å². The van der Waals surface area contributed by atoms with Crippen molar-refractivity contribution in [3.05, 3.63) is 69.8 Å². The second-order valence-corrected chi connectivity index (χ2v) is 6.75. The highest BCUT2D eigenvalue weighted by Gasteiger charge is 2.16. The summed E-state index contributed by atoms with van der Waals surface area (Å²) < 4.78 is 11.1. The molecule has 0 fully saturated rings. The third kappa shape index (κ3) is 3.01. The maximum Gasteiger partial charge on any atom is 0.339 e. The number of rotatable bonds is 4. The Balaban J connectivity index is 1.92. The number of fused-ring (bicyclic) bond motifs is 2.